The molecule has 4 aromatic carbocycles. The highest BCUT2D eigenvalue weighted by atomic mass is 32.1. The van der Waals surface area contributed by atoms with Crippen LogP contribution in [0.3, 0.4) is 0 Å². The van der Waals surface area contributed by atoms with Crippen molar-refractivity contribution in [3.8, 4) is 5.75 Å². The summed E-state index contributed by atoms with van der Waals surface area (Å²) in [5.74, 6) is -0.922. The van der Waals surface area contributed by atoms with Gasteiger partial charge in [-0.3, -0.25) is 4.90 Å². The van der Waals surface area contributed by atoms with Gasteiger partial charge in [-0.05, 0) is 52.3 Å². The first kappa shape index (κ1) is 34.6. The lowest BCUT2D eigenvalue weighted by molar-refractivity contribution is -0.201. The molecule has 0 aliphatic carbocycles. The first-order valence-electron chi connectivity index (χ1n) is 14.1. The maximum Gasteiger partial charge on any atom is 0.491 e. The molecule has 1 N–H and O–H groups in total. The van der Waals surface area contributed by atoms with Gasteiger partial charge < -0.3 is 14.7 Å². The minimum atomic E-state index is -4.47. The smallest absolute Gasteiger partial charge is 0.491 e. The van der Waals surface area contributed by atoms with E-state index in [9.17, 15) is 32.1 Å². The van der Waals surface area contributed by atoms with Gasteiger partial charge in [-0.2, -0.15) is 13.2 Å². The number of halogens is 4. The van der Waals surface area contributed by atoms with Gasteiger partial charge in [0.15, 0.2) is 0 Å². The molecular weight excluding hydrogens is 629 g/mol. The summed E-state index contributed by atoms with van der Waals surface area (Å²) in [6.45, 7) is 2.83. The van der Waals surface area contributed by atoms with E-state index in [-0.39, 0.29) is 35.3 Å². The van der Waals surface area contributed by atoms with E-state index < -0.39 is 37.7 Å². The highest BCUT2D eigenvalue weighted by Gasteiger charge is 2.33. The average molecular weight is 662 g/mol. The van der Waals surface area contributed by atoms with Crippen molar-refractivity contribution in [2.45, 2.75) is 43.2 Å². The molecule has 0 saturated heterocycles. The Labute approximate surface area is 265 Å². The molecule has 238 valence electrons. The number of aliphatic hydroxyl groups is 1. The summed E-state index contributed by atoms with van der Waals surface area (Å²) in [4.78, 5) is 12.8. The lowest BCUT2D eigenvalue weighted by Crippen LogP contribution is -2.31. The number of rotatable bonds is 14. The first-order chi connectivity index (χ1) is 21.4. The van der Waals surface area contributed by atoms with Crippen molar-refractivity contribution in [3.63, 3.8) is 0 Å². The molecular formula is C33H32F4NO5PS. The Bertz CT molecular complexity index is 1510. The first-order valence-corrected chi connectivity index (χ1v) is 15.6. The predicted octanol–water partition coefficient (Wildman–Crippen LogP) is 7.57. The van der Waals surface area contributed by atoms with Crippen molar-refractivity contribution in [1.29, 1.82) is 0 Å². The maximum atomic E-state index is 14.7. The van der Waals surface area contributed by atoms with Gasteiger partial charge in [-0.15, -0.1) is 17.2 Å². The third kappa shape index (κ3) is 9.59. The third-order valence-electron chi connectivity index (χ3n) is 7.39. The SMILES string of the molecule is Cc1c(CN(CCCOc2cc(F)c(C(O)O[P+](=O)[O-])c(S)c2)CC(c2ccccc2)c2ccccc2)cccc1C(F)(F)F. The van der Waals surface area contributed by atoms with Crippen molar-refractivity contribution < 1.29 is 41.4 Å². The Kier molecular flexibility index (Phi) is 12.1. The fraction of sp³-hybridized carbons (Fsp3) is 0.273. The largest absolute Gasteiger partial charge is 0.566 e. The molecule has 0 fully saturated rings. The topological polar surface area (TPSA) is 82.1 Å². The number of hydrogen-bond acceptors (Lipinski definition) is 7. The normalized spacial score (nSPS) is 12.9. The Balaban J connectivity index is 1.54. The second kappa shape index (κ2) is 15.8. The Morgan fingerprint density at radius 2 is 1.60 bits per heavy atom. The maximum absolute atomic E-state index is 14.7. The van der Waals surface area contributed by atoms with Crippen LogP contribution in [-0.4, -0.2) is 29.7 Å². The molecule has 45 heavy (non-hydrogen) atoms. The number of ether oxygens (including phenoxy) is 1. The van der Waals surface area contributed by atoms with E-state index in [0.717, 1.165) is 23.3 Å². The predicted molar refractivity (Wildman–Crippen MR) is 164 cm³/mol. The van der Waals surface area contributed by atoms with Crippen LogP contribution in [0.25, 0.3) is 0 Å². The quantitative estimate of drug-likeness (QED) is 0.0477. The molecule has 4 aromatic rings. The van der Waals surface area contributed by atoms with Gasteiger partial charge in [0, 0.05) is 36.5 Å². The molecule has 2 atom stereocenters. The molecule has 0 radical (unpaired) electrons. The van der Waals surface area contributed by atoms with Gasteiger partial charge in [0.05, 0.1) is 17.7 Å². The fourth-order valence-electron chi connectivity index (χ4n) is 5.19. The van der Waals surface area contributed by atoms with E-state index in [4.69, 9.17) is 4.74 Å². The summed E-state index contributed by atoms with van der Waals surface area (Å²) in [5, 5.41) is 9.85. The highest BCUT2D eigenvalue weighted by molar-refractivity contribution is 7.80. The number of nitrogens with zero attached hydrogens (tertiary/aromatic N) is 1. The molecule has 0 aromatic heterocycles. The van der Waals surface area contributed by atoms with Crippen LogP contribution in [-0.2, 0) is 21.8 Å². The molecule has 2 unspecified atom stereocenters. The van der Waals surface area contributed by atoms with Crippen LogP contribution >= 0.6 is 20.9 Å². The molecule has 0 aliphatic rings. The summed E-state index contributed by atoms with van der Waals surface area (Å²) in [7, 11) is -3.42. The van der Waals surface area contributed by atoms with Crippen molar-refractivity contribution in [2.75, 3.05) is 19.7 Å². The van der Waals surface area contributed by atoms with Gasteiger partial charge in [0.1, 0.15) is 11.6 Å². The highest BCUT2D eigenvalue weighted by Crippen LogP contribution is 2.35. The van der Waals surface area contributed by atoms with Crippen molar-refractivity contribution >= 4 is 20.9 Å². The van der Waals surface area contributed by atoms with Crippen molar-refractivity contribution in [3.05, 3.63) is 130 Å². The summed E-state index contributed by atoms with van der Waals surface area (Å²) in [6, 6.07) is 26.3. The van der Waals surface area contributed by atoms with E-state index in [2.05, 4.69) is 22.1 Å². The zero-order valence-corrected chi connectivity index (χ0v) is 26.1. The number of aliphatic hydroxyl groups excluding tert-OH is 1. The zero-order valence-electron chi connectivity index (χ0n) is 24.3. The minimum absolute atomic E-state index is 0.0641. The fourth-order valence-corrected chi connectivity index (χ4v) is 5.80. The molecule has 0 bridgehead atoms. The van der Waals surface area contributed by atoms with Crippen molar-refractivity contribution in [1.82, 2.24) is 4.90 Å². The van der Waals surface area contributed by atoms with Gasteiger partial charge in [-0.25, -0.2) is 4.39 Å². The van der Waals surface area contributed by atoms with E-state index in [1.54, 1.807) is 6.07 Å². The van der Waals surface area contributed by atoms with E-state index in [1.165, 1.54) is 19.1 Å². The van der Waals surface area contributed by atoms with E-state index in [0.29, 0.717) is 25.1 Å². The molecule has 4 rings (SSSR count). The number of alkyl halides is 3. The van der Waals surface area contributed by atoms with Gasteiger partial charge >= 0.3 is 14.4 Å². The summed E-state index contributed by atoms with van der Waals surface area (Å²) < 4.78 is 76.5. The van der Waals surface area contributed by atoms with E-state index >= 15 is 0 Å². The average Bonchev–Trinajstić information content (AvgIpc) is 2.98. The van der Waals surface area contributed by atoms with Gasteiger partial charge in [0.25, 0.3) is 0 Å². The molecule has 0 aliphatic heterocycles. The summed E-state index contributed by atoms with van der Waals surface area (Å²) in [5.41, 5.74) is 1.75. The van der Waals surface area contributed by atoms with Crippen LogP contribution in [0, 0.1) is 12.7 Å². The standard InChI is InChI=1S/C33H32F4NO5PS/c1-22-25(14-8-15-28(22)33(35,36)37)20-38(21-27(23-10-4-2-5-11-23)24-12-6-3-7-13-24)16-9-17-42-26-18-29(34)31(30(45)19-26)32(39)43-44(40)41/h2-8,10-15,18-19,27,32,39,45H,9,16-17,20-21H2,1H3. The number of benzene rings is 4. The molecule has 6 nitrogen and oxygen atoms in total. The molecule has 0 saturated carbocycles. The van der Waals surface area contributed by atoms with Crippen LogP contribution in [0.5, 0.6) is 5.75 Å². The Morgan fingerprint density at radius 3 is 2.16 bits per heavy atom. The Morgan fingerprint density at radius 1 is 0.978 bits per heavy atom. The van der Waals surface area contributed by atoms with Gasteiger partial charge in [0.2, 0.25) is 6.29 Å². The van der Waals surface area contributed by atoms with Gasteiger partial charge in [-0.1, -0.05) is 72.8 Å². The molecule has 0 amide bonds. The second-order valence-electron chi connectivity index (χ2n) is 10.4. The van der Waals surface area contributed by atoms with Crippen LogP contribution in [0.4, 0.5) is 17.6 Å². The molecule has 0 heterocycles. The monoisotopic (exact) mass is 661 g/mol. The van der Waals surface area contributed by atoms with Crippen molar-refractivity contribution in [2.24, 2.45) is 0 Å². The second-order valence-corrected chi connectivity index (χ2v) is 11.6. The zero-order chi connectivity index (χ0) is 32.6. The lowest BCUT2D eigenvalue weighted by Gasteiger charge is -2.29. The minimum Gasteiger partial charge on any atom is -0.566 e. The van der Waals surface area contributed by atoms with Crippen LogP contribution in [0.1, 0.15) is 52.0 Å². The number of thiol groups is 1. The summed E-state index contributed by atoms with van der Waals surface area (Å²) >= 11 is 4.13. The van der Waals surface area contributed by atoms with Crippen LogP contribution in [0.2, 0.25) is 0 Å². The third-order valence-corrected chi connectivity index (χ3v) is 8.13. The molecule has 0 spiro atoms. The number of hydrogen-bond donors (Lipinski definition) is 2. The summed E-state index contributed by atoms with van der Waals surface area (Å²) in [6.07, 6.45) is -6.08. The van der Waals surface area contributed by atoms with Crippen LogP contribution < -0.4 is 9.63 Å². The lowest BCUT2D eigenvalue weighted by atomic mass is 9.90. The Hall–Kier alpha value is -3.31. The van der Waals surface area contributed by atoms with Crippen LogP contribution in [0.15, 0.2) is 95.9 Å². The molecule has 12 heteroatoms. The van der Waals surface area contributed by atoms with E-state index in [1.807, 2.05) is 60.7 Å².